The Morgan fingerprint density at radius 2 is 1.40 bits per heavy atom. The Balaban J connectivity index is 1.96. The van der Waals surface area contributed by atoms with Gasteiger partial charge in [0.1, 0.15) is 0 Å². The van der Waals surface area contributed by atoms with Gasteiger partial charge in [-0.15, -0.1) is 12.3 Å². The first-order valence-electron chi connectivity index (χ1n) is 6.68. The van der Waals surface area contributed by atoms with E-state index in [1.54, 1.807) is 38.5 Å². The molecule has 4 aliphatic rings. The van der Waals surface area contributed by atoms with Crippen molar-refractivity contribution in [3.63, 3.8) is 0 Å². The van der Waals surface area contributed by atoms with Crippen LogP contribution in [0.15, 0.2) is 12.3 Å². The van der Waals surface area contributed by atoms with Gasteiger partial charge in [0, 0.05) is 0 Å². The molecule has 4 aliphatic carbocycles. The lowest BCUT2D eigenvalue weighted by Gasteiger charge is -2.61. The van der Waals surface area contributed by atoms with Crippen LogP contribution in [0.3, 0.4) is 0 Å². The molecule has 0 atom stereocenters. The molecule has 4 bridgehead atoms. The molecule has 0 aromatic carbocycles. The molecule has 84 valence electrons. The smallest absolute Gasteiger partial charge is 0.0770 e. The highest BCUT2D eigenvalue weighted by Gasteiger charge is 2.56. The molecular weight excluding hydrogens is 196 g/mol. The third-order valence-corrected chi connectivity index (χ3v) is 10.3. The minimum Gasteiger partial charge on any atom is -0.107 e. The molecule has 0 spiro atoms. The summed E-state index contributed by atoms with van der Waals surface area (Å²) in [4.78, 5) is 0. The zero-order chi connectivity index (χ0) is 10.7. The normalized spacial score (nSPS) is 48.3. The van der Waals surface area contributed by atoms with Gasteiger partial charge in [-0.05, 0) is 61.3 Å². The van der Waals surface area contributed by atoms with E-state index in [0.29, 0.717) is 0 Å². The molecule has 0 aromatic rings. The highest BCUT2D eigenvalue weighted by molar-refractivity contribution is 6.85. The zero-order valence-corrected chi connectivity index (χ0v) is 11.3. The van der Waals surface area contributed by atoms with Gasteiger partial charge < -0.3 is 0 Å². The molecule has 4 saturated carbocycles. The SMILES string of the molecule is C=C[Si](C)(C)C12CC3CC(CC(C3)C1)C2. The van der Waals surface area contributed by atoms with Crippen molar-refractivity contribution in [3.05, 3.63) is 12.3 Å². The second kappa shape index (κ2) is 3.00. The second-order valence-electron chi connectivity index (χ2n) is 7.12. The third kappa shape index (κ3) is 1.31. The zero-order valence-electron chi connectivity index (χ0n) is 10.3. The predicted octanol–water partition coefficient (Wildman–Crippen LogP) is 4.39. The monoisotopic (exact) mass is 220 g/mol. The van der Waals surface area contributed by atoms with Gasteiger partial charge in [0.25, 0.3) is 0 Å². The lowest BCUT2D eigenvalue weighted by Crippen LogP contribution is -2.53. The van der Waals surface area contributed by atoms with Crippen LogP contribution in [0, 0.1) is 17.8 Å². The number of rotatable bonds is 2. The summed E-state index contributed by atoms with van der Waals surface area (Å²) in [5.74, 6) is 3.30. The molecular formula is C14H24Si. The van der Waals surface area contributed by atoms with Crippen LogP contribution in [0.5, 0.6) is 0 Å². The van der Waals surface area contributed by atoms with Crippen molar-refractivity contribution in [1.29, 1.82) is 0 Å². The first-order chi connectivity index (χ1) is 7.05. The highest BCUT2D eigenvalue weighted by Crippen LogP contribution is 2.67. The molecule has 0 radical (unpaired) electrons. The Kier molecular flexibility index (Phi) is 2.03. The third-order valence-electron chi connectivity index (χ3n) is 5.92. The van der Waals surface area contributed by atoms with Crippen LogP contribution in [-0.2, 0) is 0 Å². The fourth-order valence-corrected chi connectivity index (χ4v) is 7.99. The van der Waals surface area contributed by atoms with Crippen molar-refractivity contribution in [2.45, 2.75) is 56.7 Å². The van der Waals surface area contributed by atoms with Crippen LogP contribution in [0.4, 0.5) is 0 Å². The molecule has 4 fully saturated rings. The van der Waals surface area contributed by atoms with Gasteiger partial charge in [-0.3, -0.25) is 0 Å². The van der Waals surface area contributed by atoms with E-state index in [1.165, 1.54) is 0 Å². The molecule has 0 amide bonds. The van der Waals surface area contributed by atoms with Gasteiger partial charge in [0.15, 0.2) is 0 Å². The standard InChI is InChI=1S/C14H24Si/c1-4-15(2,3)14-8-11-5-12(9-14)7-13(6-11)10-14/h4,11-13H,1,5-10H2,2-3H3. The number of hydrogen-bond donors (Lipinski definition) is 0. The van der Waals surface area contributed by atoms with E-state index >= 15 is 0 Å². The maximum absolute atomic E-state index is 4.15. The van der Waals surface area contributed by atoms with E-state index in [4.69, 9.17) is 0 Å². The minimum absolute atomic E-state index is 0.767. The van der Waals surface area contributed by atoms with Crippen molar-refractivity contribution < 1.29 is 0 Å². The average molecular weight is 220 g/mol. The summed E-state index contributed by atoms with van der Waals surface area (Å²) in [5, 5.41) is 0.767. The number of hydrogen-bond acceptors (Lipinski definition) is 0. The Hall–Kier alpha value is -0.0431. The Bertz CT molecular complexity index is 254. The lowest BCUT2D eigenvalue weighted by molar-refractivity contribution is 0.0256. The molecule has 15 heavy (non-hydrogen) atoms. The minimum atomic E-state index is -1.16. The fourth-order valence-electron chi connectivity index (χ4n) is 5.12. The first kappa shape index (κ1) is 10.1. The lowest BCUT2D eigenvalue weighted by atomic mass is 9.56. The molecule has 0 nitrogen and oxygen atoms in total. The molecule has 0 aliphatic heterocycles. The van der Waals surface area contributed by atoms with Gasteiger partial charge in [-0.2, -0.15) is 0 Å². The van der Waals surface area contributed by atoms with Gasteiger partial charge in [-0.1, -0.05) is 13.1 Å². The molecule has 0 aromatic heterocycles. The highest BCUT2D eigenvalue weighted by atomic mass is 28.3. The van der Waals surface area contributed by atoms with E-state index in [-0.39, 0.29) is 0 Å². The van der Waals surface area contributed by atoms with Crippen LogP contribution in [0.1, 0.15) is 38.5 Å². The van der Waals surface area contributed by atoms with E-state index in [1.807, 2.05) is 0 Å². The molecule has 4 rings (SSSR count). The van der Waals surface area contributed by atoms with Crippen molar-refractivity contribution >= 4 is 8.07 Å². The van der Waals surface area contributed by atoms with Crippen molar-refractivity contribution in [2.75, 3.05) is 0 Å². The van der Waals surface area contributed by atoms with Crippen LogP contribution in [-0.4, -0.2) is 8.07 Å². The van der Waals surface area contributed by atoms with Gasteiger partial charge in [0.2, 0.25) is 0 Å². The quantitative estimate of drug-likeness (QED) is 0.605. The van der Waals surface area contributed by atoms with Crippen molar-refractivity contribution in [2.24, 2.45) is 17.8 Å². The fraction of sp³-hybridized carbons (Fsp3) is 0.857. The van der Waals surface area contributed by atoms with E-state index < -0.39 is 8.07 Å². The average Bonchev–Trinajstić information content (AvgIpc) is 2.15. The first-order valence-corrected chi connectivity index (χ1v) is 9.76. The van der Waals surface area contributed by atoms with Crippen molar-refractivity contribution in [3.8, 4) is 0 Å². The maximum Gasteiger partial charge on any atom is 0.0770 e. The Morgan fingerprint density at radius 3 is 1.73 bits per heavy atom. The van der Waals surface area contributed by atoms with Crippen LogP contribution in [0.25, 0.3) is 0 Å². The van der Waals surface area contributed by atoms with Gasteiger partial charge >= 0.3 is 0 Å². The summed E-state index contributed by atoms with van der Waals surface area (Å²) in [6.45, 7) is 9.28. The Labute approximate surface area is 95.2 Å². The summed E-state index contributed by atoms with van der Waals surface area (Å²) >= 11 is 0. The van der Waals surface area contributed by atoms with Crippen LogP contribution < -0.4 is 0 Å². The maximum atomic E-state index is 4.15. The summed E-state index contributed by atoms with van der Waals surface area (Å²) in [6.07, 6.45) is 9.39. The molecule has 0 heterocycles. The largest absolute Gasteiger partial charge is 0.107 e. The summed E-state index contributed by atoms with van der Waals surface area (Å²) < 4.78 is 0. The topological polar surface area (TPSA) is 0 Å². The molecule has 0 unspecified atom stereocenters. The van der Waals surface area contributed by atoms with E-state index in [9.17, 15) is 0 Å². The van der Waals surface area contributed by atoms with Crippen LogP contribution >= 0.6 is 0 Å². The molecule has 0 N–H and O–H groups in total. The van der Waals surface area contributed by atoms with E-state index in [2.05, 4.69) is 25.4 Å². The van der Waals surface area contributed by atoms with E-state index in [0.717, 1.165) is 22.8 Å². The second-order valence-corrected chi connectivity index (χ2v) is 12.0. The summed E-state index contributed by atoms with van der Waals surface area (Å²) in [5.41, 5.74) is 2.38. The summed E-state index contributed by atoms with van der Waals surface area (Å²) in [6, 6.07) is 0. The van der Waals surface area contributed by atoms with Gasteiger partial charge in [-0.25, -0.2) is 0 Å². The van der Waals surface area contributed by atoms with Crippen molar-refractivity contribution in [1.82, 2.24) is 0 Å². The van der Waals surface area contributed by atoms with Gasteiger partial charge in [0.05, 0.1) is 8.07 Å². The summed E-state index contributed by atoms with van der Waals surface area (Å²) in [7, 11) is -1.16. The van der Waals surface area contributed by atoms with Crippen LogP contribution in [0.2, 0.25) is 18.1 Å². The Morgan fingerprint density at radius 1 is 1.00 bits per heavy atom. The molecule has 1 heteroatoms. The predicted molar refractivity (Wildman–Crippen MR) is 68.5 cm³/mol. The molecule has 0 saturated heterocycles.